The van der Waals surface area contributed by atoms with E-state index in [9.17, 15) is 13.2 Å². The summed E-state index contributed by atoms with van der Waals surface area (Å²) in [4.78, 5) is 12.4. The van der Waals surface area contributed by atoms with E-state index < -0.39 is 10.0 Å². The third-order valence-corrected chi connectivity index (χ3v) is 4.72. The number of hydrogen-bond acceptors (Lipinski definition) is 3. The Morgan fingerprint density at radius 2 is 1.74 bits per heavy atom. The number of hydrogen-bond donors (Lipinski definition) is 1. The molecule has 1 unspecified atom stereocenters. The Hall–Kier alpha value is -1.71. The summed E-state index contributed by atoms with van der Waals surface area (Å²) >= 11 is 0. The van der Waals surface area contributed by atoms with Crippen molar-refractivity contribution in [3.63, 3.8) is 0 Å². The Balaban J connectivity index is 2.38. The summed E-state index contributed by atoms with van der Waals surface area (Å²) in [7, 11) is -1.31. The van der Waals surface area contributed by atoms with Gasteiger partial charge in [-0.15, -0.1) is 9.24 Å². The minimum Gasteiger partial charge on any atom is -0.288 e. The van der Waals surface area contributed by atoms with Crippen molar-refractivity contribution in [2.75, 3.05) is 4.72 Å². The zero-order valence-electron chi connectivity index (χ0n) is 9.75. The van der Waals surface area contributed by atoms with E-state index in [1.807, 2.05) is 0 Å². The van der Waals surface area contributed by atoms with Crippen LogP contribution in [0.5, 0.6) is 0 Å². The van der Waals surface area contributed by atoms with Crippen molar-refractivity contribution in [3.05, 3.63) is 53.6 Å². The lowest BCUT2D eigenvalue weighted by Gasteiger charge is -2.07. The highest BCUT2D eigenvalue weighted by Crippen LogP contribution is 2.29. The third-order valence-electron chi connectivity index (χ3n) is 2.96. The van der Waals surface area contributed by atoms with Crippen molar-refractivity contribution in [2.24, 2.45) is 0 Å². The number of rotatable bonds is 0. The van der Waals surface area contributed by atoms with Crippen LogP contribution >= 0.6 is 9.24 Å². The van der Waals surface area contributed by atoms with Crippen molar-refractivity contribution >= 4 is 36.0 Å². The highest BCUT2D eigenvalue weighted by molar-refractivity contribution is 7.92. The second-order valence-electron chi connectivity index (χ2n) is 4.24. The zero-order chi connectivity index (χ0) is 13.6. The molecule has 6 heteroatoms. The average molecular weight is 291 g/mol. The number of benzene rings is 2. The predicted molar refractivity (Wildman–Crippen MR) is 76.5 cm³/mol. The molecule has 2 aromatic carbocycles. The fourth-order valence-electron chi connectivity index (χ4n) is 2.06. The van der Waals surface area contributed by atoms with E-state index in [4.69, 9.17) is 0 Å². The van der Waals surface area contributed by atoms with Crippen LogP contribution in [0, 0.1) is 0 Å². The molecule has 0 aromatic heterocycles. The minimum absolute atomic E-state index is 0.0150. The summed E-state index contributed by atoms with van der Waals surface area (Å²) in [5, 5.41) is 0.711. The summed E-state index contributed by atoms with van der Waals surface area (Å²) in [5.74, 6) is -0.288. The van der Waals surface area contributed by atoms with Crippen LogP contribution in [0.1, 0.15) is 15.9 Å². The van der Waals surface area contributed by atoms with Crippen LogP contribution in [-0.2, 0) is 10.0 Å². The van der Waals surface area contributed by atoms with E-state index in [-0.39, 0.29) is 16.2 Å². The van der Waals surface area contributed by atoms with Gasteiger partial charge in [0.15, 0.2) is 5.78 Å². The number of para-hydroxylation sites is 1. The summed E-state index contributed by atoms with van der Waals surface area (Å²) in [5.41, 5.74) is 0.874. The molecule has 1 aliphatic heterocycles. The maximum Gasteiger partial charge on any atom is 0.262 e. The largest absolute Gasteiger partial charge is 0.288 e. The number of sulfonamides is 1. The van der Waals surface area contributed by atoms with E-state index in [2.05, 4.69) is 14.0 Å². The van der Waals surface area contributed by atoms with Gasteiger partial charge >= 0.3 is 0 Å². The molecule has 0 spiro atoms. The molecule has 0 saturated heterocycles. The van der Waals surface area contributed by atoms with Gasteiger partial charge in [0.1, 0.15) is 0 Å². The molecule has 96 valence electrons. The number of ketones is 1. The molecule has 4 nitrogen and oxygen atoms in total. The first kappa shape index (κ1) is 12.3. The lowest BCUT2D eigenvalue weighted by molar-refractivity contribution is 0.103. The van der Waals surface area contributed by atoms with Crippen LogP contribution < -0.4 is 10.0 Å². The summed E-state index contributed by atoms with van der Waals surface area (Å²) in [6.07, 6.45) is 0. The van der Waals surface area contributed by atoms with Crippen molar-refractivity contribution < 1.29 is 13.2 Å². The second-order valence-corrected chi connectivity index (χ2v) is 6.55. The van der Waals surface area contributed by atoms with Gasteiger partial charge in [0, 0.05) is 11.1 Å². The molecule has 1 atom stereocenters. The fourth-order valence-corrected chi connectivity index (χ4v) is 3.77. The fraction of sp³-hybridized carbons (Fsp3) is 0. The molecule has 0 saturated carbocycles. The van der Waals surface area contributed by atoms with Gasteiger partial charge < -0.3 is 0 Å². The first-order valence-corrected chi connectivity index (χ1v) is 7.61. The van der Waals surface area contributed by atoms with Gasteiger partial charge in [-0.1, -0.05) is 18.2 Å². The van der Waals surface area contributed by atoms with Gasteiger partial charge in [0.2, 0.25) is 0 Å². The van der Waals surface area contributed by atoms with Gasteiger partial charge in [-0.2, -0.15) is 0 Å². The van der Waals surface area contributed by atoms with Gasteiger partial charge in [-0.25, -0.2) is 8.42 Å². The van der Waals surface area contributed by atoms with Crippen molar-refractivity contribution in [2.45, 2.75) is 4.90 Å². The van der Waals surface area contributed by atoms with E-state index in [0.717, 1.165) is 0 Å². The summed E-state index contributed by atoms with van der Waals surface area (Å²) < 4.78 is 27.0. The van der Waals surface area contributed by atoms with E-state index in [1.54, 1.807) is 36.4 Å². The van der Waals surface area contributed by atoms with Crippen LogP contribution in [0.15, 0.2) is 47.4 Å². The zero-order valence-corrected chi connectivity index (χ0v) is 11.7. The molecule has 0 fully saturated rings. The highest BCUT2D eigenvalue weighted by atomic mass is 32.2. The number of carbonyl (C=O) groups is 1. The number of carbonyl (C=O) groups excluding carboxylic acids is 1. The molecule has 2 aromatic rings. The first-order valence-electron chi connectivity index (χ1n) is 5.55. The Morgan fingerprint density at radius 3 is 2.53 bits per heavy atom. The SMILES string of the molecule is O=C1c2ccccc2NS(=O)(=O)c2cc(P)ccc21. The lowest BCUT2D eigenvalue weighted by atomic mass is 10.0. The van der Waals surface area contributed by atoms with Crippen LogP contribution in [0.4, 0.5) is 5.69 Å². The predicted octanol–water partition coefficient (Wildman–Crippen LogP) is 1.53. The number of anilines is 1. The molecule has 0 bridgehead atoms. The van der Waals surface area contributed by atoms with E-state index in [0.29, 0.717) is 16.6 Å². The van der Waals surface area contributed by atoms with Crippen molar-refractivity contribution in [1.82, 2.24) is 0 Å². The van der Waals surface area contributed by atoms with Gasteiger partial charge in [0.25, 0.3) is 10.0 Å². The Labute approximate surface area is 113 Å². The van der Waals surface area contributed by atoms with E-state index in [1.165, 1.54) is 6.07 Å². The molecule has 19 heavy (non-hydrogen) atoms. The van der Waals surface area contributed by atoms with Crippen LogP contribution in [0.3, 0.4) is 0 Å². The Kier molecular flexibility index (Phi) is 2.69. The van der Waals surface area contributed by atoms with Gasteiger partial charge in [0.05, 0.1) is 10.6 Å². The Bertz CT molecular complexity index is 799. The number of nitrogens with one attached hydrogen (secondary N) is 1. The first-order chi connectivity index (χ1) is 8.99. The van der Waals surface area contributed by atoms with Crippen LogP contribution in [-0.4, -0.2) is 14.2 Å². The molecule has 0 aliphatic carbocycles. The molecule has 3 rings (SSSR count). The number of fused-ring (bicyclic) bond motifs is 2. The molecule has 0 radical (unpaired) electrons. The summed E-state index contributed by atoms with van der Waals surface area (Å²) in [6, 6.07) is 11.3. The molecular formula is C13H10NO3PS. The summed E-state index contributed by atoms with van der Waals surface area (Å²) in [6.45, 7) is 0. The normalized spacial score (nSPS) is 15.9. The van der Waals surface area contributed by atoms with E-state index >= 15 is 0 Å². The Morgan fingerprint density at radius 1 is 1.00 bits per heavy atom. The molecule has 0 amide bonds. The topological polar surface area (TPSA) is 63.2 Å². The highest BCUT2D eigenvalue weighted by Gasteiger charge is 2.29. The lowest BCUT2D eigenvalue weighted by Crippen LogP contribution is -2.14. The third kappa shape index (κ3) is 1.95. The second kappa shape index (κ2) is 4.15. The standard InChI is InChI=1S/C13H10NO3PS/c15-13-9-3-1-2-4-11(9)14-19(16,17)12-7-8(18)5-6-10(12)13/h1-7,14H,18H2. The maximum absolute atomic E-state index is 12.4. The van der Waals surface area contributed by atoms with Gasteiger partial charge in [-0.05, 0) is 29.6 Å². The smallest absolute Gasteiger partial charge is 0.262 e. The monoisotopic (exact) mass is 291 g/mol. The minimum atomic E-state index is -3.73. The average Bonchev–Trinajstić information content (AvgIpc) is 2.45. The molecule has 1 heterocycles. The van der Waals surface area contributed by atoms with Crippen LogP contribution in [0.2, 0.25) is 0 Å². The molecule has 1 aliphatic rings. The maximum atomic E-state index is 12.4. The molecular weight excluding hydrogens is 281 g/mol. The van der Waals surface area contributed by atoms with Gasteiger partial charge in [-0.3, -0.25) is 9.52 Å². The van der Waals surface area contributed by atoms with Crippen molar-refractivity contribution in [3.8, 4) is 0 Å². The van der Waals surface area contributed by atoms with Crippen LogP contribution in [0.25, 0.3) is 0 Å². The molecule has 1 N–H and O–H groups in total. The quantitative estimate of drug-likeness (QED) is 0.749. The van der Waals surface area contributed by atoms with Crippen molar-refractivity contribution in [1.29, 1.82) is 0 Å².